The summed E-state index contributed by atoms with van der Waals surface area (Å²) >= 11 is 0. The fourth-order valence-electron chi connectivity index (χ4n) is 2.49. The zero-order chi connectivity index (χ0) is 16.1. The van der Waals surface area contributed by atoms with Crippen molar-refractivity contribution in [2.24, 2.45) is 0 Å². The van der Waals surface area contributed by atoms with Crippen LogP contribution in [-0.2, 0) is 9.53 Å². The maximum absolute atomic E-state index is 12.0. The maximum atomic E-state index is 12.0. The third-order valence-corrected chi connectivity index (χ3v) is 3.92. The number of nitrogens with zero attached hydrogens (tertiary/aromatic N) is 1. The average molecular weight is 343 g/mol. The van der Waals surface area contributed by atoms with Gasteiger partial charge < -0.3 is 19.7 Å². The molecule has 6 nitrogen and oxygen atoms in total. The monoisotopic (exact) mass is 342 g/mol. The topological polar surface area (TPSA) is 67.9 Å². The molecule has 23 heavy (non-hydrogen) atoms. The molecule has 7 heteroatoms. The summed E-state index contributed by atoms with van der Waals surface area (Å²) < 4.78 is 10.2. The fourth-order valence-corrected chi connectivity index (χ4v) is 2.49. The smallest absolute Gasteiger partial charge is 0.414 e. The molecule has 1 amide bonds. The Morgan fingerprint density at radius 1 is 1.39 bits per heavy atom. The SMILES string of the molecule is CCN(C)C(=O)Oc1cccc2c1C(CCC(=O)OC)CN2.Cl. The Balaban J connectivity index is 0.00000264. The molecule has 0 fully saturated rings. The lowest BCUT2D eigenvalue weighted by molar-refractivity contribution is -0.140. The molecule has 0 saturated carbocycles. The maximum Gasteiger partial charge on any atom is 0.414 e. The Labute approximate surface area is 142 Å². The predicted molar refractivity (Wildman–Crippen MR) is 90.5 cm³/mol. The number of esters is 1. The molecule has 1 aromatic carbocycles. The van der Waals surface area contributed by atoms with Crippen molar-refractivity contribution in [3.05, 3.63) is 23.8 Å². The van der Waals surface area contributed by atoms with Gasteiger partial charge in [0, 0.05) is 43.7 Å². The summed E-state index contributed by atoms with van der Waals surface area (Å²) in [6, 6.07) is 5.59. The first-order chi connectivity index (χ1) is 10.6. The number of fused-ring (bicyclic) bond motifs is 1. The van der Waals surface area contributed by atoms with Crippen LogP contribution in [0.2, 0.25) is 0 Å². The van der Waals surface area contributed by atoms with Crippen LogP contribution in [0.15, 0.2) is 18.2 Å². The highest BCUT2D eigenvalue weighted by Gasteiger charge is 2.27. The number of methoxy groups -OCH3 is 1. The molecule has 0 radical (unpaired) electrons. The highest BCUT2D eigenvalue weighted by Crippen LogP contribution is 2.41. The number of halogens is 1. The summed E-state index contributed by atoms with van der Waals surface area (Å²) in [5, 5.41) is 3.29. The second-order valence-electron chi connectivity index (χ2n) is 5.29. The fraction of sp³-hybridized carbons (Fsp3) is 0.500. The van der Waals surface area contributed by atoms with Gasteiger partial charge in [0.1, 0.15) is 5.75 Å². The molecule has 1 heterocycles. The lowest BCUT2D eigenvalue weighted by Crippen LogP contribution is -2.29. The summed E-state index contributed by atoms with van der Waals surface area (Å²) in [5.74, 6) is 0.460. The summed E-state index contributed by atoms with van der Waals surface area (Å²) in [5.41, 5.74) is 1.92. The third-order valence-electron chi connectivity index (χ3n) is 3.92. The molecule has 1 aliphatic heterocycles. The predicted octanol–water partition coefficient (Wildman–Crippen LogP) is 3.02. The standard InChI is InChI=1S/C16H22N2O4.ClH/c1-4-18(2)16(20)22-13-7-5-6-12-15(13)11(10-17-12)8-9-14(19)21-3;/h5-7,11,17H,4,8-10H2,1-3H3;1H. The second-order valence-corrected chi connectivity index (χ2v) is 5.29. The van der Waals surface area contributed by atoms with E-state index in [0.29, 0.717) is 25.1 Å². The van der Waals surface area contributed by atoms with E-state index < -0.39 is 0 Å². The highest BCUT2D eigenvalue weighted by molar-refractivity contribution is 5.85. The van der Waals surface area contributed by atoms with Crippen LogP contribution in [0.3, 0.4) is 0 Å². The Bertz CT molecular complexity index is 565. The molecule has 0 saturated heterocycles. The van der Waals surface area contributed by atoms with Gasteiger partial charge in [-0.2, -0.15) is 0 Å². The number of benzene rings is 1. The molecule has 0 spiro atoms. The van der Waals surface area contributed by atoms with Gasteiger partial charge in [0.05, 0.1) is 7.11 Å². The molecule has 0 aliphatic carbocycles. The van der Waals surface area contributed by atoms with Crippen molar-refractivity contribution in [3.63, 3.8) is 0 Å². The van der Waals surface area contributed by atoms with Gasteiger partial charge in [0.15, 0.2) is 0 Å². The summed E-state index contributed by atoms with van der Waals surface area (Å²) in [4.78, 5) is 24.8. The van der Waals surface area contributed by atoms with Crippen LogP contribution in [0.1, 0.15) is 31.2 Å². The van der Waals surface area contributed by atoms with E-state index in [1.165, 1.54) is 12.0 Å². The average Bonchev–Trinajstić information content (AvgIpc) is 2.95. The molecular weight excluding hydrogens is 320 g/mol. The van der Waals surface area contributed by atoms with E-state index in [1.807, 2.05) is 19.1 Å². The van der Waals surface area contributed by atoms with Gasteiger partial charge in [-0.15, -0.1) is 12.4 Å². The minimum atomic E-state index is -0.380. The largest absolute Gasteiger partial charge is 0.469 e. The van der Waals surface area contributed by atoms with E-state index in [4.69, 9.17) is 4.74 Å². The van der Waals surface area contributed by atoms with Crippen molar-refractivity contribution >= 4 is 30.2 Å². The minimum absolute atomic E-state index is 0. The van der Waals surface area contributed by atoms with Crippen LogP contribution >= 0.6 is 12.4 Å². The molecule has 2 rings (SSSR count). The van der Waals surface area contributed by atoms with E-state index in [9.17, 15) is 9.59 Å². The molecular formula is C16H23ClN2O4. The molecule has 128 valence electrons. The van der Waals surface area contributed by atoms with Gasteiger partial charge in [0.25, 0.3) is 0 Å². The Morgan fingerprint density at radius 2 is 2.13 bits per heavy atom. The van der Waals surface area contributed by atoms with Gasteiger partial charge >= 0.3 is 12.1 Å². The van der Waals surface area contributed by atoms with Gasteiger partial charge in [-0.3, -0.25) is 4.79 Å². The molecule has 1 aliphatic rings. The van der Waals surface area contributed by atoms with Crippen LogP contribution in [0.25, 0.3) is 0 Å². The molecule has 0 bridgehead atoms. The Kier molecular flexibility index (Phi) is 7.16. The normalized spacial score (nSPS) is 15.0. The van der Waals surface area contributed by atoms with Crippen molar-refractivity contribution in [2.75, 3.05) is 32.6 Å². The van der Waals surface area contributed by atoms with Crippen LogP contribution in [-0.4, -0.2) is 44.2 Å². The van der Waals surface area contributed by atoms with Crippen LogP contribution < -0.4 is 10.1 Å². The van der Waals surface area contributed by atoms with Gasteiger partial charge in [-0.1, -0.05) is 6.07 Å². The lowest BCUT2D eigenvalue weighted by Gasteiger charge is -2.18. The molecule has 1 unspecified atom stereocenters. The first kappa shape index (κ1) is 19.1. The van der Waals surface area contributed by atoms with Crippen molar-refractivity contribution in [1.82, 2.24) is 4.90 Å². The number of carbonyl (C=O) groups excluding carboxylic acids is 2. The van der Waals surface area contributed by atoms with E-state index in [1.54, 1.807) is 13.1 Å². The second kappa shape index (κ2) is 8.62. The number of anilines is 1. The lowest BCUT2D eigenvalue weighted by atomic mass is 9.95. The first-order valence-electron chi connectivity index (χ1n) is 7.43. The number of carbonyl (C=O) groups is 2. The molecule has 1 N–H and O–H groups in total. The summed E-state index contributed by atoms with van der Waals surface area (Å²) in [6.45, 7) is 3.19. The molecule has 1 atom stereocenters. The highest BCUT2D eigenvalue weighted by atomic mass is 35.5. The molecule has 1 aromatic rings. The van der Waals surface area contributed by atoms with E-state index in [0.717, 1.165) is 17.8 Å². The van der Waals surface area contributed by atoms with E-state index in [2.05, 4.69) is 10.1 Å². The quantitative estimate of drug-likeness (QED) is 0.833. The van der Waals surface area contributed by atoms with Crippen molar-refractivity contribution in [2.45, 2.75) is 25.7 Å². The third kappa shape index (κ3) is 4.51. The Hall–Kier alpha value is -1.95. The number of hydrogen-bond acceptors (Lipinski definition) is 5. The number of amides is 1. The first-order valence-corrected chi connectivity index (χ1v) is 7.43. The molecule has 0 aromatic heterocycles. The van der Waals surface area contributed by atoms with Gasteiger partial charge in [-0.25, -0.2) is 4.79 Å². The van der Waals surface area contributed by atoms with Crippen molar-refractivity contribution < 1.29 is 19.1 Å². The van der Waals surface area contributed by atoms with E-state index in [-0.39, 0.29) is 30.4 Å². The summed E-state index contributed by atoms with van der Waals surface area (Å²) in [6.07, 6.45) is 0.624. The zero-order valence-electron chi connectivity index (χ0n) is 13.6. The van der Waals surface area contributed by atoms with Crippen LogP contribution in [0.5, 0.6) is 5.75 Å². The van der Waals surface area contributed by atoms with Crippen LogP contribution in [0.4, 0.5) is 10.5 Å². The van der Waals surface area contributed by atoms with E-state index >= 15 is 0 Å². The summed E-state index contributed by atoms with van der Waals surface area (Å²) in [7, 11) is 3.08. The number of ether oxygens (including phenoxy) is 2. The zero-order valence-corrected chi connectivity index (χ0v) is 14.4. The van der Waals surface area contributed by atoms with Crippen LogP contribution in [0, 0.1) is 0 Å². The van der Waals surface area contributed by atoms with Gasteiger partial charge in [0.2, 0.25) is 0 Å². The number of nitrogens with one attached hydrogen (secondary N) is 1. The minimum Gasteiger partial charge on any atom is -0.469 e. The van der Waals surface area contributed by atoms with Gasteiger partial charge in [-0.05, 0) is 25.5 Å². The van der Waals surface area contributed by atoms with Crippen molar-refractivity contribution in [1.29, 1.82) is 0 Å². The number of rotatable bonds is 5. The Morgan fingerprint density at radius 3 is 2.78 bits per heavy atom. The number of hydrogen-bond donors (Lipinski definition) is 1. The van der Waals surface area contributed by atoms with Crippen molar-refractivity contribution in [3.8, 4) is 5.75 Å².